The molecule has 0 bridgehead atoms. The summed E-state index contributed by atoms with van der Waals surface area (Å²) in [5.41, 5.74) is 7.05. The van der Waals surface area contributed by atoms with Crippen LogP contribution in [0.25, 0.3) is 0 Å². The number of benzene rings is 2. The zero-order valence-electron chi connectivity index (χ0n) is 10.8. The third-order valence-corrected chi connectivity index (χ3v) is 3.21. The normalized spacial score (nSPS) is 10.3. The van der Waals surface area contributed by atoms with Gasteiger partial charge in [-0.1, -0.05) is 23.2 Å². The number of nitrogen functional groups attached to an aromatic ring is 1. The van der Waals surface area contributed by atoms with Crippen LogP contribution >= 0.6 is 23.2 Å². The lowest BCUT2D eigenvalue weighted by Crippen LogP contribution is -2.06. The van der Waals surface area contributed by atoms with Gasteiger partial charge < -0.3 is 10.5 Å². The summed E-state index contributed by atoms with van der Waals surface area (Å²) in [5.74, 6) is 0.137. The smallest absolute Gasteiger partial charge is 0.196 e. The summed E-state index contributed by atoms with van der Waals surface area (Å²) in [6, 6.07) is 9.74. The van der Waals surface area contributed by atoms with E-state index < -0.39 is 0 Å². The molecule has 0 amide bonds. The van der Waals surface area contributed by atoms with Crippen molar-refractivity contribution in [2.75, 3.05) is 12.3 Å². The van der Waals surface area contributed by atoms with Gasteiger partial charge in [-0.15, -0.1) is 0 Å². The Hall–Kier alpha value is -1.71. The highest BCUT2D eigenvalue weighted by atomic mass is 35.5. The minimum Gasteiger partial charge on any atom is -0.492 e. The molecule has 104 valence electrons. The van der Waals surface area contributed by atoms with Crippen LogP contribution in [0.4, 0.5) is 5.69 Å². The van der Waals surface area contributed by atoms with Gasteiger partial charge >= 0.3 is 0 Å². The Bertz CT molecular complexity index is 639. The maximum Gasteiger partial charge on any atom is 0.196 e. The minimum absolute atomic E-state index is 0.210. The summed E-state index contributed by atoms with van der Waals surface area (Å²) in [5, 5.41) is 0.704. The molecular weight excluding hydrogens is 297 g/mol. The lowest BCUT2D eigenvalue weighted by molar-refractivity contribution is 0.103. The predicted octanol–water partition coefficient (Wildman–Crippen LogP) is 4.21. The molecule has 2 rings (SSSR count). The van der Waals surface area contributed by atoms with Gasteiger partial charge in [0.1, 0.15) is 5.75 Å². The van der Waals surface area contributed by atoms with Crippen LogP contribution < -0.4 is 10.5 Å². The van der Waals surface area contributed by atoms with Crippen molar-refractivity contribution in [1.82, 2.24) is 0 Å². The van der Waals surface area contributed by atoms with E-state index in [1.165, 1.54) is 0 Å². The van der Waals surface area contributed by atoms with E-state index in [2.05, 4.69) is 0 Å². The van der Waals surface area contributed by atoms with Crippen LogP contribution in [-0.4, -0.2) is 12.4 Å². The fraction of sp³-hybridized carbons (Fsp3) is 0.133. The van der Waals surface area contributed by atoms with Crippen LogP contribution in [0.15, 0.2) is 36.4 Å². The summed E-state index contributed by atoms with van der Waals surface area (Å²) in [6.45, 7) is 2.23. The molecule has 0 aliphatic carbocycles. The highest BCUT2D eigenvalue weighted by Gasteiger charge is 2.18. The average molecular weight is 310 g/mol. The molecule has 2 N–H and O–H groups in total. The second-order valence-corrected chi connectivity index (χ2v) is 4.99. The van der Waals surface area contributed by atoms with Gasteiger partial charge in [0, 0.05) is 16.3 Å². The van der Waals surface area contributed by atoms with Crippen molar-refractivity contribution in [2.45, 2.75) is 6.92 Å². The summed E-state index contributed by atoms with van der Waals surface area (Å²) >= 11 is 12.1. The molecule has 0 aliphatic heterocycles. The van der Waals surface area contributed by atoms with Crippen molar-refractivity contribution in [1.29, 1.82) is 0 Å². The number of halogens is 2. The molecule has 0 heterocycles. The highest BCUT2D eigenvalue weighted by molar-refractivity contribution is 6.36. The van der Waals surface area contributed by atoms with Gasteiger partial charge in [-0.25, -0.2) is 0 Å². The molecule has 5 heteroatoms. The number of rotatable bonds is 4. The van der Waals surface area contributed by atoms with Gasteiger partial charge in [0.05, 0.1) is 17.2 Å². The fourth-order valence-electron chi connectivity index (χ4n) is 1.81. The molecule has 0 saturated carbocycles. The molecule has 0 fully saturated rings. The first kappa shape index (κ1) is 14.7. The van der Waals surface area contributed by atoms with Crippen molar-refractivity contribution in [3.63, 3.8) is 0 Å². The Balaban J connectivity index is 2.50. The third-order valence-electron chi connectivity index (χ3n) is 2.71. The number of nitrogens with two attached hydrogens (primary N) is 1. The highest BCUT2D eigenvalue weighted by Crippen LogP contribution is 2.34. The van der Waals surface area contributed by atoms with E-state index in [1.54, 1.807) is 36.4 Å². The number of hydrogen-bond acceptors (Lipinski definition) is 3. The van der Waals surface area contributed by atoms with E-state index >= 15 is 0 Å². The van der Waals surface area contributed by atoms with Gasteiger partial charge in [-0.3, -0.25) is 4.79 Å². The maximum atomic E-state index is 12.5. The second-order valence-electron chi connectivity index (χ2n) is 4.15. The molecule has 2 aromatic rings. The van der Waals surface area contributed by atoms with E-state index in [4.69, 9.17) is 33.7 Å². The van der Waals surface area contributed by atoms with Crippen molar-refractivity contribution in [2.24, 2.45) is 0 Å². The molecule has 0 spiro atoms. The first-order chi connectivity index (χ1) is 9.52. The molecule has 3 nitrogen and oxygen atoms in total. The topological polar surface area (TPSA) is 52.3 Å². The maximum absolute atomic E-state index is 12.5. The van der Waals surface area contributed by atoms with Crippen molar-refractivity contribution >= 4 is 34.7 Å². The van der Waals surface area contributed by atoms with Gasteiger partial charge in [-0.2, -0.15) is 0 Å². The number of carbonyl (C=O) groups is 1. The molecule has 0 saturated heterocycles. The number of ketones is 1. The van der Waals surface area contributed by atoms with Gasteiger partial charge in [0.15, 0.2) is 5.78 Å². The zero-order chi connectivity index (χ0) is 14.7. The van der Waals surface area contributed by atoms with Crippen LogP contribution in [-0.2, 0) is 0 Å². The molecule has 0 aromatic heterocycles. The number of anilines is 1. The molecule has 0 atom stereocenters. The van der Waals surface area contributed by atoms with Crippen molar-refractivity contribution in [3.05, 3.63) is 57.6 Å². The molecule has 2 aromatic carbocycles. The number of carbonyl (C=O) groups excluding carboxylic acids is 1. The van der Waals surface area contributed by atoms with Crippen LogP contribution in [0.1, 0.15) is 22.8 Å². The molecular formula is C15H13Cl2NO2. The zero-order valence-corrected chi connectivity index (χ0v) is 12.3. The van der Waals surface area contributed by atoms with E-state index in [1.807, 2.05) is 6.92 Å². The average Bonchev–Trinajstić information content (AvgIpc) is 2.41. The van der Waals surface area contributed by atoms with E-state index in [0.29, 0.717) is 39.2 Å². The van der Waals surface area contributed by atoms with Gasteiger partial charge in [-0.05, 0) is 43.3 Å². The Morgan fingerprint density at radius 3 is 2.45 bits per heavy atom. The Morgan fingerprint density at radius 1 is 1.20 bits per heavy atom. The summed E-state index contributed by atoms with van der Waals surface area (Å²) in [6.07, 6.45) is 0. The van der Waals surface area contributed by atoms with E-state index in [-0.39, 0.29) is 5.78 Å². The van der Waals surface area contributed by atoms with Crippen LogP contribution in [0.5, 0.6) is 5.75 Å². The number of ether oxygens (including phenoxy) is 1. The first-order valence-corrected chi connectivity index (χ1v) is 6.80. The fourth-order valence-corrected chi connectivity index (χ4v) is 2.36. The van der Waals surface area contributed by atoms with Crippen molar-refractivity contribution < 1.29 is 9.53 Å². The first-order valence-electron chi connectivity index (χ1n) is 6.05. The Kier molecular flexibility index (Phi) is 4.53. The van der Waals surface area contributed by atoms with Crippen molar-refractivity contribution in [3.8, 4) is 5.75 Å². The van der Waals surface area contributed by atoms with Gasteiger partial charge in [0.25, 0.3) is 0 Å². The molecule has 0 unspecified atom stereocenters. The SMILES string of the molecule is CCOc1c(Cl)cc(Cl)cc1C(=O)c1ccc(N)cc1. The second kappa shape index (κ2) is 6.16. The largest absolute Gasteiger partial charge is 0.492 e. The predicted molar refractivity (Wildman–Crippen MR) is 81.9 cm³/mol. The van der Waals surface area contributed by atoms with E-state index in [0.717, 1.165) is 0 Å². The van der Waals surface area contributed by atoms with Crippen LogP contribution in [0.2, 0.25) is 10.0 Å². The Morgan fingerprint density at radius 2 is 1.85 bits per heavy atom. The van der Waals surface area contributed by atoms with E-state index in [9.17, 15) is 4.79 Å². The standard InChI is InChI=1S/C15H13Cl2NO2/c1-2-20-15-12(7-10(16)8-13(15)17)14(19)9-3-5-11(18)6-4-9/h3-8H,2,18H2,1H3. The number of hydrogen-bond donors (Lipinski definition) is 1. The third kappa shape index (κ3) is 3.06. The minimum atomic E-state index is -0.210. The molecule has 0 aliphatic rings. The van der Waals surface area contributed by atoms with Gasteiger partial charge in [0.2, 0.25) is 0 Å². The summed E-state index contributed by atoms with van der Waals surface area (Å²) < 4.78 is 5.45. The lowest BCUT2D eigenvalue weighted by atomic mass is 10.0. The molecule has 20 heavy (non-hydrogen) atoms. The quantitative estimate of drug-likeness (QED) is 0.680. The van der Waals surface area contributed by atoms with Crippen LogP contribution in [0.3, 0.4) is 0 Å². The lowest BCUT2D eigenvalue weighted by Gasteiger charge is -2.12. The monoisotopic (exact) mass is 309 g/mol. The van der Waals surface area contributed by atoms with Crippen LogP contribution in [0, 0.1) is 0 Å². The molecule has 0 radical (unpaired) electrons. The summed E-state index contributed by atoms with van der Waals surface area (Å²) in [7, 11) is 0. The summed E-state index contributed by atoms with van der Waals surface area (Å²) in [4.78, 5) is 12.5. The Labute approximate surface area is 127 Å².